The lowest BCUT2D eigenvalue weighted by Gasteiger charge is -2.21. The number of hydrogen-bond donors (Lipinski definition) is 2. The number of β-amino-alcohol motifs (C(OH)–C–C–N with tert-alkyl or cyclic N) is 1. The maximum Gasteiger partial charge on any atom is 0.229 e. The lowest BCUT2D eigenvalue weighted by Crippen LogP contribution is -2.25. The lowest BCUT2D eigenvalue weighted by atomic mass is 9.97. The van der Waals surface area contributed by atoms with Crippen molar-refractivity contribution in [3.8, 4) is 0 Å². The summed E-state index contributed by atoms with van der Waals surface area (Å²) in [6, 6.07) is 5.81. The van der Waals surface area contributed by atoms with Crippen LogP contribution in [0, 0.1) is 5.92 Å². The second-order valence-corrected chi connectivity index (χ2v) is 6.94. The number of nitrogens with zero attached hydrogens (tertiary/aromatic N) is 5. The van der Waals surface area contributed by atoms with Crippen LogP contribution >= 0.6 is 0 Å². The Hall–Kier alpha value is -2.41. The second kappa shape index (κ2) is 6.84. The molecule has 25 heavy (non-hydrogen) atoms. The highest BCUT2D eigenvalue weighted by Gasteiger charge is 2.32. The molecule has 0 unspecified atom stereocenters. The molecule has 7 heteroatoms. The fraction of sp³-hybridized carbons (Fsp3) is 0.500. The zero-order valence-corrected chi connectivity index (χ0v) is 14.3. The lowest BCUT2D eigenvalue weighted by molar-refractivity contribution is 0.148. The minimum atomic E-state index is -0.375. The third-order valence-electron chi connectivity index (χ3n) is 5.09. The number of aliphatic hydroxyl groups is 1. The van der Waals surface area contributed by atoms with E-state index in [1.165, 1.54) is 18.4 Å². The second-order valence-electron chi connectivity index (χ2n) is 6.94. The average Bonchev–Trinajstić information content (AvgIpc) is 3.26. The molecule has 2 fully saturated rings. The first-order valence-corrected chi connectivity index (χ1v) is 8.90. The van der Waals surface area contributed by atoms with Crippen LogP contribution in [0.4, 0.5) is 17.6 Å². The zero-order valence-electron chi connectivity index (χ0n) is 14.3. The van der Waals surface area contributed by atoms with Crippen LogP contribution in [0.5, 0.6) is 0 Å². The standard InChI is InChI=1S/C18H24N6O/c19-16-10-17(22-18(21-16)23-7-1-2-8-23)24-11-14(15(25)12-24)9-13-3-5-20-6-4-13/h3-6,10,14-15,25H,1-2,7-9,11-12H2,(H2,19,21,22)/t14-,15+/m1/s1. The highest BCUT2D eigenvalue weighted by Crippen LogP contribution is 2.28. The van der Waals surface area contributed by atoms with Crippen LogP contribution in [0.15, 0.2) is 30.6 Å². The minimum absolute atomic E-state index is 0.175. The van der Waals surface area contributed by atoms with Gasteiger partial charge >= 0.3 is 0 Å². The number of hydrogen-bond acceptors (Lipinski definition) is 7. The van der Waals surface area contributed by atoms with Gasteiger partial charge in [0.15, 0.2) is 0 Å². The van der Waals surface area contributed by atoms with Gasteiger partial charge in [0.1, 0.15) is 11.6 Å². The van der Waals surface area contributed by atoms with Crippen LogP contribution in [-0.2, 0) is 6.42 Å². The van der Waals surface area contributed by atoms with E-state index in [9.17, 15) is 5.11 Å². The highest BCUT2D eigenvalue weighted by atomic mass is 16.3. The Bertz CT molecular complexity index is 719. The summed E-state index contributed by atoms with van der Waals surface area (Å²) in [5.74, 6) is 2.18. The van der Waals surface area contributed by atoms with Gasteiger partial charge in [-0.2, -0.15) is 9.97 Å². The summed E-state index contributed by atoms with van der Waals surface area (Å²) in [5.41, 5.74) is 7.21. The number of aliphatic hydroxyl groups excluding tert-OH is 1. The van der Waals surface area contributed by atoms with E-state index in [-0.39, 0.29) is 12.0 Å². The summed E-state index contributed by atoms with van der Waals surface area (Å²) in [6.45, 7) is 3.30. The van der Waals surface area contributed by atoms with Crippen molar-refractivity contribution < 1.29 is 5.11 Å². The van der Waals surface area contributed by atoms with E-state index in [0.717, 1.165) is 31.9 Å². The van der Waals surface area contributed by atoms with Gasteiger partial charge in [-0.25, -0.2) is 0 Å². The first-order valence-electron chi connectivity index (χ1n) is 8.90. The van der Waals surface area contributed by atoms with E-state index < -0.39 is 0 Å². The number of nitrogen functional groups attached to an aromatic ring is 1. The molecule has 0 spiro atoms. The smallest absolute Gasteiger partial charge is 0.229 e. The molecular weight excluding hydrogens is 316 g/mol. The van der Waals surface area contributed by atoms with Crippen molar-refractivity contribution >= 4 is 17.6 Å². The number of nitrogens with two attached hydrogens (primary N) is 1. The van der Waals surface area contributed by atoms with Crippen molar-refractivity contribution in [2.75, 3.05) is 41.7 Å². The van der Waals surface area contributed by atoms with Crippen molar-refractivity contribution in [2.45, 2.75) is 25.4 Å². The van der Waals surface area contributed by atoms with Crippen molar-refractivity contribution in [2.24, 2.45) is 5.92 Å². The largest absolute Gasteiger partial charge is 0.391 e. The molecule has 0 bridgehead atoms. The third kappa shape index (κ3) is 3.51. The normalized spacial score (nSPS) is 23.4. The van der Waals surface area contributed by atoms with Gasteiger partial charge in [0.05, 0.1) is 6.10 Å². The molecule has 2 saturated heterocycles. The Morgan fingerprint density at radius 2 is 1.84 bits per heavy atom. The van der Waals surface area contributed by atoms with Gasteiger partial charge in [-0.3, -0.25) is 4.98 Å². The number of pyridine rings is 1. The number of aromatic nitrogens is 3. The summed E-state index contributed by atoms with van der Waals surface area (Å²) in [7, 11) is 0. The molecule has 0 aromatic carbocycles. The summed E-state index contributed by atoms with van der Waals surface area (Å²) in [4.78, 5) is 17.5. The summed E-state index contributed by atoms with van der Waals surface area (Å²) in [5, 5.41) is 10.5. The molecule has 0 radical (unpaired) electrons. The van der Waals surface area contributed by atoms with Crippen LogP contribution in [-0.4, -0.2) is 52.3 Å². The Morgan fingerprint density at radius 3 is 2.60 bits per heavy atom. The third-order valence-corrected chi connectivity index (χ3v) is 5.09. The Kier molecular flexibility index (Phi) is 4.40. The molecule has 0 amide bonds. The van der Waals surface area contributed by atoms with E-state index in [1.54, 1.807) is 18.5 Å². The van der Waals surface area contributed by atoms with Gasteiger partial charge in [-0.05, 0) is 37.0 Å². The van der Waals surface area contributed by atoms with Gasteiger partial charge in [0, 0.05) is 50.6 Å². The first kappa shape index (κ1) is 16.1. The molecule has 4 rings (SSSR count). The summed E-state index contributed by atoms with van der Waals surface area (Å²) < 4.78 is 0. The van der Waals surface area contributed by atoms with Crippen LogP contribution in [0.3, 0.4) is 0 Å². The van der Waals surface area contributed by atoms with Crippen molar-refractivity contribution in [3.05, 3.63) is 36.2 Å². The van der Waals surface area contributed by atoms with Gasteiger partial charge in [0.2, 0.25) is 5.95 Å². The molecule has 132 valence electrons. The minimum Gasteiger partial charge on any atom is -0.391 e. The van der Waals surface area contributed by atoms with Crippen LogP contribution in [0.1, 0.15) is 18.4 Å². The topological polar surface area (TPSA) is 91.4 Å². The maximum atomic E-state index is 10.5. The first-order chi connectivity index (χ1) is 12.2. The Labute approximate surface area is 147 Å². The van der Waals surface area contributed by atoms with Crippen LogP contribution in [0.2, 0.25) is 0 Å². The molecule has 0 saturated carbocycles. The highest BCUT2D eigenvalue weighted by molar-refractivity contribution is 5.53. The van der Waals surface area contributed by atoms with Gasteiger partial charge in [-0.1, -0.05) is 0 Å². The predicted octanol–water partition coefficient (Wildman–Crippen LogP) is 1.09. The van der Waals surface area contributed by atoms with Crippen molar-refractivity contribution in [1.82, 2.24) is 15.0 Å². The van der Waals surface area contributed by atoms with Gasteiger partial charge in [0.25, 0.3) is 0 Å². The Morgan fingerprint density at radius 1 is 1.08 bits per heavy atom. The molecule has 2 aromatic heterocycles. The monoisotopic (exact) mass is 340 g/mol. The average molecular weight is 340 g/mol. The molecule has 2 aliphatic heterocycles. The fourth-order valence-corrected chi connectivity index (χ4v) is 3.72. The molecule has 2 aliphatic rings. The number of rotatable bonds is 4. The zero-order chi connectivity index (χ0) is 17.2. The van der Waals surface area contributed by atoms with E-state index in [4.69, 9.17) is 10.7 Å². The Balaban J connectivity index is 1.50. The van der Waals surface area contributed by atoms with E-state index in [0.29, 0.717) is 18.3 Å². The molecule has 2 aromatic rings. The number of anilines is 3. The quantitative estimate of drug-likeness (QED) is 0.861. The summed E-state index contributed by atoms with van der Waals surface area (Å²) in [6.07, 6.45) is 6.39. The summed E-state index contributed by atoms with van der Waals surface area (Å²) >= 11 is 0. The van der Waals surface area contributed by atoms with E-state index >= 15 is 0 Å². The molecule has 4 heterocycles. The SMILES string of the molecule is Nc1cc(N2C[C@@H](Cc3ccncc3)[C@@H](O)C2)nc(N2CCCC2)n1. The fourth-order valence-electron chi connectivity index (χ4n) is 3.72. The predicted molar refractivity (Wildman–Crippen MR) is 97.5 cm³/mol. The van der Waals surface area contributed by atoms with Crippen LogP contribution in [0.25, 0.3) is 0 Å². The van der Waals surface area contributed by atoms with Gasteiger partial charge < -0.3 is 20.6 Å². The molecule has 0 aliphatic carbocycles. The maximum absolute atomic E-state index is 10.5. The molecule has 3 N–H and O–H groups in total. The van der Waals surface area contributed by atoms with Crippen LogP contribution < -0.4 is 15.5 Å². The molecule has 2 atom stereocenters. The van der Waals surface area contributed by atoms with Gasteiger partial charge in [-0.15, -0.1) is 0 Å². The van der Waals surface area contributed by atoms with E-state index in [2.05, 4.69) is 19.8 Å². The van der Waals surface area contributed by atoms with Crippen molar-refractivity contribution in [1.29, 1.82) is 0 Å². The van der Waals surface area contributed by atoms with E-state index in [1.807, 2.05) is 12.1 Å². The molecular formula is C18H24N6O. The molecule has 7 nitrogen and oxygen atoms in total. The van der Waals surface area contributed by atoms with Crippen molar-refractivity contribution in [3.63, 3.8) is 0 Å².